The number of aromatic nitrogens is 2. The summed E-state index contributed by atoms with van der Waals surface area (Å²) in [4.78, 5) is 25.8. The maximum Gasteiger partial charge on any atom is 0.337 e. The lowest BCUT2D eigenvalue weighted by Crippen LogP contribution is -2.37. The van der Waals surface area contributed by atoms with Gasteiger partial charge in [0.25, 0.3) is 5.91 Å². The normalized spacial score (nSPS) is 16.5. The molecule has 3 aromatic rings. The second-order valence-electron chi connectivity index (χ2n) is 6.89. The Bertz CT molecular complexity index is 1060. The van der Waals surface area contributed by atoms with Crippen LogP contribution in [-0.2, 0) is 4.74 Å². The summed E-state index contributed by atoms with van der Waals surface area (Å²) in [6.07, 6.45) is 2.50. The third-order valence-electron chi connectivity index (χ3n) is 5.10. The Morgan fingerprint density at radius 3 is 2.79 bits per heavy atom. The van der Waals surface area contributed by atoms with Crippen molar-refractivity contribution in [2.45, 2.75) is 25.5 Å². The van der Waals surface area contributed by atoms with Crippen molar-refractivity contribution < 1.29 is 19.4 Å². The molecule has 1 fully saturated rings. The zero-order valence-electron chi connectivity index (χ0n) is 16.0. The van der Waals surface area contributed by atoms with Gasteiger partial charge >= 0.3 is 5.97 Å². The molecular formula is C21H22N4O4. The smallest absolute Gasteiger partial charge is 0.337 e. The van der Waals surface area contributed by atoms with Crippen molar-refractivity contribution in [2.24, 2.45) is 0 Å². The maximum atomic E-state index is 12.0. The van der Waals surface area contributed by atoms with Gasteiger partial charge in [0.2, 0.25) is 0 Å². The van der Waals surface area contributed by atoms with Crippen molar-refractivity contribution in [2.75, 3.05) is 18.6 Å². The molecule has 8 heteroatoms. The summed E-state index contributed by atoms with van der Waals surface area (Å²) in [5.74, 6) is -1.27. The Kier molecular flexibility index (Phi) is 5.18. The number of fused-ring (bicyclic) bond motifs is 1. The van der Waals surface area contributed by atoms with Crippen LogP contribution in [0.4, 0.5) is 11.4 Å². The summed E-state index contributed by atoms with van der Waals surface area (Å²) in [5.41, 5.74) is 2.55. The van der Waals surface area contributed by atoms with E-state index >= 15 is 0 Å². The van der Waals surface area contributed by atoms with Gasteiger partial charge in [-0.25, -0.2) is 4.79 Å². The average molecular weight is 394 g/mol. The Morgan fingerprint density at radius 2 is 2.07 bits per heavy atom. The van der Waals surface area contributed by atoms with Crippen LogP contribution >= 0.6 is 0 Å². The summed E-state index contributed by atoms with van der Waals surface area (Å²) >= 11 is 0. The van der Waals surface area contributed by atoms with Crippen molar-refractivity contribution in [3.63, 3.8) is 0 Å². The quantitative estimate of drug-likeness (QED) is 0.613. The molecule has 1 amide bonds. The number of aromatic carboxylic acids is 1. The average Bonchev–Trinajstić information content (AvgIpc) is 3.18. The van der Waals surface area contributed by atoms with Gasteiger partial charge < -0.3 is 20.1 Å². The predicted molar refractivity (Wildman–Crippen MR) is 109 cm³/mol. The molecule has 2 heterocycles. The van der Waals surface area contributed by atoms with E-state index in [0.717, 1.165) is 24.9 Å². The standard InChI is InChI=1S/C21H22N4O4/c1-22-20(26)19-14-10-9-13(12-16(14)23-24-19)25(18-8-4-5-11-29-18)17-7-3-2-6-15(17)21(27)28/h2-3,6-7,9-10,12,18H,4-5,8,11H2,1H3,(H,22,26)(H,23,24)(H,27,28). The fourth-order valence-corrected chi connectivity index (χ4v) is 3.70. The summed E-state index contributed by atoms with van der Waals surface area (Å²) in [6.45, 7) is 0.628. The molecule has 2 aromatic carbocycles. The molecule has 0 bridgehead atoms. The molecule has 150 valence electrons. The highest BCUT2D eigenvalue weighted by Crippen LogP contribution is 2.36. The minimum Gasteiger partial charge on any atom is -0.478 e. The number of aromatic amines is 1. The van der Waals surface area contributed by atoms with E-state index in [1.165, 1.54) is 0 Å². The van der Waals surface area contributed by atoms with Crippen LogP contribution in [0.15, 0.2) is 42.5 Å². The largest absolute Gasteiger partial charge is 0.478 e. The number of carboxylic acid groups (broad SMARTS) is 1. The minimum atomic E-state index is -0.995. The van der Waals surface area contributed by atoms with Crippen LogP contribution in [-0.4, -0.2) is 47.1 Å². The predicted octanol–water partition coefficient (Wildman–Crippen LogP) is 3.29. The number of H-pyrrole nitrogens is 1. The first kappa shape index (κ1) is 18.9. The molecule has 3 N–H and O–H groups in total. The lowest BCUT2D eigenvalue weighted by molar-refractivity contribution is 0.0207. The topological polar surface area (TPSA) is 108 Å². The van der Waals surface area contributed by atoms with Gasteiger partial charge in [-0.3, -0.25) is 9.89 Å². The molecule has 4 rings (SSSR count). The fourth-order valence-electron chi connectivity index (χ4n) is 3.70. The maximum absolute atomic E-state index is 12.0. The lowest BCUT2D eigenvalue weighted by atomic mass is 10.1. The third-order valence-corrected chi connectivity index (χ3v) is 5.10. The van der Waals surface area contributed by atoms with E-state index in [0.29, 0.717) is 28.9 Å². The molecule has 0 radical (unpaired) electrons. The van der Waals surface area contributed by atoms with Gasteiger partial charge in [-0.05, 0) is 49.6 Å². The van der Waals surface area contributed by atoms with Crippen molar-refractivity contribution in [3.8, 4) is 0 Å². The summed E-state index contributed by atoms with van der Waals surface area (Å²) in [6, 6.07) is 12.4. The number of anilines is 2. The number of carboxylic acids is 1. The zero-order chi connectivity index (χ0) is 20.4. The first-order valence-electron chi connectivity index (χ1n) is 9.53. The van der Waals surface area contributed by atoms with E-state index < -0.39 is 5.97 Å². The van der Waals surface area contributed by atoms with Gasteiger partial charge in [0.1, 0.15) is 6.23 Å². The Balaban J connectivity index is 1.83. The molecule has 8 nitrogen and oxygen atoms in total. The highest BCUT2D eigenvalue weighted by atomic mass is 16.5. The zero-order valence-corrected chi connectivity index (χ0v) is 16.0. The Labute approximate surface area is 167 Å². The number of nitrogens with zero attached hydrogens (tertiary/aromatic N) is 2. The molecule has 0 spiro atoms. The van der Waals surface area contributed by atoms with E-state index in [1.54, 1.807) is 25.2 Å². The van der Waals surface area contributed by atoms with Crippen molar-refractivity contribution in [1.82, 2.24) is 15.5 Å². The van der Waals surface area contributed by atoms with E-state index in [4.69, 9.17) is 4.74 Å². The molecule has 1 aromatic heterocycles. The number of hydrogen-bond acceptors (Lipinski definition) is 5. The van der Waals surface area contributed by atoms with E-state index in [2.05, 4.69) is 15.5 Å². The van der Waals surface area contributed by atoms with Gasteiger partial charge in [-0.15, -0.1) is 0 Å². The number of para-hydroxylation sites is 1. The van der Waals surface area contributed by atoms with Gasteiger partial charge in [0.15, 0.2) is 5.69 Å². The first-order chi connectivity index (χ1) is 14.1. The Hall–Kier alpha value is -3.39. The second-order valence-corrected chi connectivity index (χ2v) is 6.89. The lowest BCUT2D eigenvalue weighted by Gasteiger charge is -2.36. The van der Waals surface area contributed by atoms with Gasteiger partial charge in [-0.1, -0.05) is 12.1 Å². The van der Waals surface area contributed by atoms with Gasteiger partial charge in [0, 0.05) is 24.7 Å². The number of hydrogen-bond donors (Lipinski definition) is 3. The second kappa shape index (κ2) is 7.92. The van der Waals surface area contributed by atoms with Crippen LogP contribution in [0.5, 0.6) is 0 Å². The number of carbonyl (C=O) groups is 2. The Morgan fingerprint density at radius 1 is 1.24 bits per heavy atom. The molecular weight excluding hydrogens is 372 g/mol. The molecule has 29 heavy (non-hydrogen) atoms. The van der Waals surface area contributed by atoms with Crippen molar-refractivity contribution >= 4 is 34.2 Å². The van der Waals surface area contributed by atoms with Crippen LogP contribution in [0.2, 0.25) is 0 Å². The summed E-state index contributed by atoms with van der Waals surface area (Å²) in [5, 5.41) is 20.0. The monoisotopic (exact) mass is 394 g/mol. The molecule has 1 aliphatic heterocycles. The van der Waals surface area contributed by atoms with E-state index in [1.807, 2.05) is 29.2 Å². The van der Waals surface area contributed by atoms with Crippen molar-refractivity contribution in [3.05, 3.63) is 53.7 Å². The summed E-state index contributed by atoms with van der Waals surface area (Å²) < 4.78 is 6.00. The number of amides is 1. The number of rotatable bonds is 5. The molecule has 0 saturated carbocycles. The number of benzene rings is 2. The van der Waals surface area contributed by atoms with Gasteiger partial charge in [0.05, 0.1) is 16.8 Å². The third kappa shape index (κ3) is 3.54. The SMILES string of the molecule is CNC(=O)c1n[nH]c2cc(N(c3ccccc3C(=O)O)C3CCCCO3)ccc12. The highest BCUT2D eigenvalue weighted by molar-refractivity contribution is 6.05. The molecule has 1 atom stereocenters. The molecule has 0 aliphatic carbocycles. The molecule has 1 saturated heterocycles. The number of ether oxygens (including phenoxy) is 1. The van der Waals surface area contributed by atoms with Crippen LogP contribution in [0.3, 0.4) is 0 Å². The highest BCUT2D eigenvalue weighted by Gasteiger charge is 2.27. The van der Waals surface area contributed by atoms with E-state index in [-0.39, 0.29) is 17.7 Å². The first-order valence-corrected chi connectivity index (χ1v) is 9.53. The number of nitrogens with one attached hydrogen (secondary N) is 2. The van der Waals surface area contributed by atoms with Crippen LogP contribution in [0, 0.1) is 0 Å². The number of carbonyl (C=O) groups excluding carboxylic acids is 1. The van der Waals surface area contributed by atoms with Crippen molar-refractivity contribution in [1.29, 1.82) is 0 Å². The van der Waals surface area contributed by atoms with Gasteiger partial charge in [-0.2, -0.15) is 5.10 Å². The minimum absolute atomic E-state index is 0.206. The van der Waals surface area contributed by atoms with Crippen LogP contribution in [0.1, 0.15) is 40.1 Å². The fraction of sp³-hybridized carbons (Fsp3) is 0.286. The van der Waals surface area contributed by atoms with E-state index in [9.17, 15) is 14.7 Å². The van der Waals surface area contributed by atoms with Crippen LogP contribution < -0.4 is 10.2 Å². The molecule has 1 aliphatic rings. The molecule has 1 unspecified atom stereocenters. The van der Waals surface area contributed by atoms with Crippen LogP contribution in [0.25, 0.3) is 10.9 Å². The summed E-state index contributed by atoms with van der Waals surface area (Å²) in [7, 11) is 1.56.